The van der Waals surface area contributed by atoms with Gasteiger partial charge in [-0.2, -0.15) is 5.10 Å². The van der Waals surface area contributed by atoms with E-state index in [4.69, 9.17) is 0 Å². The van der Waals surface area contributed by atoms with Gasteiger partial charge in [-0.3, -0.25) is 19.7 Å². The quantitative estimate of drug-likeness (QED) is 0.539. The number of hydrogen-bond donors (Lipinski definition) is 0. The van der Waals surface area contributed by atoms with Crippen LogP contribution in [-0.4, -0.2) is 60.5 Å². The lowest BCUT2D eigenvalue weighted by atomic mass is 10.1. The minimum Gasteiger partial charge on any atom is -0.368 e. The van der Waals surface area contributed by atoms with Gasteiger partial charge in [0.15, 0.2) is 9.84 Å². The van der Waals surface area contributed by atoms with Gasteiger partial charge in [-0.05, 0) is 26.8 Å². The van der Waals surface area contributed by atoms with E-state index in [0.29, 0.717) is 18.8 Å². The second-order valence-electron chi connectivity index (χ2n) is 8.41. The van der Waals surface area contributed by atoms with E-state index in [1.165, 1.54) is 12.1 Å². The number of benzene rings is 1. The molecule has 0 spiro atoms. The summed E-state index contributed by atoms with van der Waals surface area (Å²) in [5.41, 5.74) is 1.39. The Labute approximate surface area is 171 Å². The highest BCUT2D eigenvalue weighted by molar-refractivity contribution is 7.90. The Kier molecular flexibility index (Phi) is 5.68. The first-order chi connectivity index (χ1) is 13.4. The number of piperazine rings is 1. The summed E-state index contributed by atoms with van der Waals surface area (Å²) in [6.07, 6.45) is 5.03. The highest BCUT2D eigenvalue weighted by Crippen LogP contribution is 2.30. The molecule has 10 heteroatoms. The average Bonchev–Trinajstić information content (AvgIpc) is 3.10. The Morgan fingerprint density at radius 1 is 1.17 bits per heavy atom. The monoisotopic (exact) mass is 421 g/mol. The average molecular weight is 422 g/mol. The minimum atomic E-state index is -3.58. The first kappa shape index (κ1) is 21.3. The van der Waals surface area contributed by atoms with Gasteiger partial charge in [0.2, 0.25) is 0 Å². The molecule has 2 heterocycles. The van der Waals surface area contributed by atoms with E-state index in [-0.39, 0.29) is 16.1 Å². The van der Waals surface area contributed by atoms with E-state index in [9.17, 15) is 18.5 Å². The van der Waals surface area contributed by atoms with Crippen molar-refractivity contribution in [3.63, 3.8) is 0 Å². The SMILES string of the molecule is CC(C)(C)n1cc(CN2CCN(c3ccc([N+](=O)[O-])cc3S(C)(=O)=O)CC2)cn1. The van der Waals surface area contributed by atoms with Crippen LogP contribution in [0.25, 0.3) is 0 Å². The number of aromatic nitrogens is 2. The predicted octanol–water partition coefficient (Wildman–Crippen LogP) is 2.27. The van der Waals surface area contributed by atoms with Crippen molar-refractivity contribution in [2.75, 3.05) is 37.3 Å². The van der Waals surface area contributed by atoms with Crippen LogP contribution < -0.4 is 4.90 Å². The third-order valence-electron chi connectivity index (χ3n) is 5.00. The molecular weight excluding hydrogens is 394 g/mol. The molecule has 158 valence electrons. The van der Waals surface area contributed by atoms with Crippen molar-refractivity contribution in [3.8, 4) is 0 Å². The van der Waals surface area contributed by atoms with Crippen LogP contribution in [0.5, 0.6) is 0 Å². The normalized spacial score (nSPS) is 16.2. The first-order valence-electron chi connectivity index (χ1n) is 9.45. The Morgan fingerprint density at radius 2 is 1.83 bits per heavy atom. The second kappa shape index (κ2) is 7.75. The van der Waals surface area contributed by atoms with Crippen LogP contribution in [0.15, 0.2) is 35.5 Å². The van der Waals surface area contributed by atoms with Gasteiger partial charge in [0.25, 0.3) is 5.69 Å². The molecule has 0 aliphatic carbocycles. The van der Waals surface area contributed by atoms with Crippen LogP contribution in [0.1, 0.15) is 26.3 Å². The zero-order valence-corrected chi connectivity index (χ0v) is 18.0. The molecule has 1 aromatic carbocycles. The number of rotatable bonds is 5. The van der Waals surface area contributed by atoms with Gasteiger partial charge in [0.05, 0.1) is 27.2 Å². The molecule has 1 aliphatic rings. The zero-order valence-electron chi connectivity index (χ0n) is 17.2. The van der Waals surface area contributed by atoms with Crippen LogP contribution in [0.4, 0.5) is 11.4 Å². The molecule has 0 atom stereocenters. The largest absolute Gasteiger partial charge is 0.368 e. The maximum Gasteiger partial charge on any atom is 0.270 e. The number of anilines is 1. The van der Waals surface area contributed by atoms with Gasteiger partial charge < -0.3 is 4.90 Å². The third-order valence-corrected chi connectivity index (χ3v) is 6.12. The number of nitro groups is 1. The molecule has 0 saturated carbocycles. The maximum absolute atomic E-state index is 12.2. The van der Waals surface area contributed by atoms with Crippen molar-refractivity contribution in [1.29, 1.82) is 0 Å². The smallest absolute Gasteiger partial charge is 0.270 e. The fourth-order valence-electron chi connectivity index (χ4n) is 3.39. The van der Waals surface area contributed by atoms with Crippen LogP contribution in [0.2, 0.25) is 0 Å². The summed E-state index contributed by atoms with van der Waals surface area (Å²) in [7, 11) is -3.58. The van der Waals surface area contributed by atoms with E-state index >= 15 is 0 Å². The van der Waals surface area contributed by atoms with E-state index < -0.39 is 14.8 Å². The van der Waals surface area contributed by atoms with Crippen LogP contribution in [0.3, 0.4) is 0 Å². The van der Waals surface area contributed by atoms with Crippen molar-refractivity contribution < 1.29 is 13.3 Å². The van der Waals surface area contributed by atoms with E-state index in [0.717, 1.165) is 37.5 Å². The molecule has 9 nitrogen and oxygen atoms in total. The van der Waals surface area contributed by atoms with Crippen molar-refractivity contribution in [2.45, 2.75) is 37.8 Å². The number of sulfone groups is 1. The Bertz CT molecular complexity index is 1000. The molecule has 0 N–H and O–H groups in total. The number of nitrogens with zero attached hydrogens (tertiary/aromatic N) is 5. The Hall–Kier alpha value is -2.46. The van der Waals surface area contributed by atoms with Gasteiger partial charge in [-0.1, -0.05) is 0 Å². The number of hydrogen-bond acceptors (Lipinski definition) is 7. The summed E-state index contributed by atoms with van der Waals surface area (Å²) in [6.45, 7) is 9.91. The van der Waals surface area contributed by atoms with E-state index in [1.54, 1.807) is 0 Å². The van der Waals surface area contributed by atoms with Gasteiger partial charge >= 0.3 is 0 Å². The molecule has 0 radical (unpaired) electrons. The predicted molar refractivity (Wildman–Crippen MR) is 111 cm³/mol. The fraction of sp³-hybridized carbons (Fsp3) is 0.526. The lowest BCUT2D eigenvalue weighted by Gasteiger charge is -2.36. The molecule has 1 aromatic heterocycles. The fourth-order valence-corrected chi connectivity index (χ4v) is 4.30. The van der Waals surface area contributed by atoms with Gasteiger partial charge in [-0.25, -0.2) is 8.42 Å². The lowest BCUT2D eigenvalue weighted by Crippen LogP contribution is -2.46. The summed E-state index contributed by atoms with van der Waals surface area (Å²) in [4.78, 5) is 14.7. The highest BCUT2D eigenvalue weighted by Gasteiger charge is 2.25. The third kappa shape index (κ3) is 4.94. The molecule has 0 bridgehead atoms. The summed E-state index contributed by atoms with van der Waals surface area (Å²) >= 11 is 0. The molecule has 1 saturated heterocycles. The van der Waals surface area contributed by atoms with E-state index in [1.807, 2.05) is 15.8 Å². The van der Waals surface area contributed by atoms with Crippen molar-refractivity contribution in [3.05, 3.63) is 46.3 Å². The number of non-ortho nitro benzene ring substituents is 1. The van der Waals surface area contributed by atoms with E-state index in [2.05, 4.69) is 37.0 Å². The second-order valence-corrected chi connectivity index (χ2v) is 10.4. The van der Waals surface area contributed by atoms with Crippen molar-refractivity contribution in [1.82, 2.24) is 14.7 Å². The Morgan fingerprint density at radius 3 is 2.34 bits per heavy atom. The van der Waals surface area contributed by atoms with Crippen molar-refractivity contribution >= 4 is 21.2 Å². The lowest BCUT2D eigenvalue weighted by molar-refractivity contribution is -0.385. The highest BCUT2D eigenvalue weighted by atomic mass is 32.2. The van der Waals surface area contributed by atoms with Crippen LogP contribution in [0, 0.1) is 10.1 Å². The molecule has 0 unspecified atom stereocenters. The van der Waals surface area contributed by atoms with Gasteiger partial charge in [-0.15, -0.1) is 0 Å². The molecular formula is C19H27N5O4S. The van der Waals surface area contributed by atoms with Crippen LogP contribution in [-0.2, 0) is 21.9 Å². The molecule has 1 fully saturated rings. The zero-order chi connectivity index (χ0) is 21.4. The molecule has 1 aliphatic heterocycles. The molecule has 29 heavy (non-hydrogen) atoms. The minimum absolute atomic E-state index is 0.00611. The first-order valence-corrected chi connectivity index (χ1v) is 11.3. The number of nitro benzene ring substituents is 1. The summed E-state index contributed by atoms with van der Waals surface area (Å²) in [6, 6.07) is 4.05. The molecule has 3 rings (SSSR count). The molecule has 0 amide bonds. The summed E-state index contributed by atoms with van der Waals surface area (Å²) in [5.74, 6) is 0. The topological polar surface area (TPSA) is 102 Å². The van der Waals surface area contributed by atoms with Crippen molar-refractivity contribution in [2.24, 2.45) is 0 Å². The molecule has 2 aromatic rings. The standard InChI is InChI=1S/C19H27N5O4S/c1-19(2,3)23-14-15(12-20-23)13-21-7-9-22(10-8-21)17-6-5-16(24(25)26)11-18(17)29(4,27)28/h5-6,11-12,14H,7-10,13H2,1-4H3. The summed E-state index contributed by atoms with van der Waals surface area (Å²) < 4.78 is 26.3. The van der Waals surface area contributed by atoms with Crippen LogP contribution >= 0.6 is 0 Å². The maximum atomic E-state index is 12.2. The van der Waals surface area contributed by atoms with Gasteiger partial charge in [0.1, 0.15) is 0 Å². The van der Waals surface area contributed by atoms with Gasteiger partial charge in [0, 0.05) is 62.9 Å². The Balaban J connectivity index is 1.71. The summed E-state index contributed by atoms with van der Waals surface area (Å²) in [5, 5.41) is 15.5.